The van der Waals surface area contributed by atoms with E-state index in [4.69, 9.17) is 14.2 Å². The number of rotatable bonds is 9. The lowest BCUT2D eigenvalue weighted by molar-refractivity contribution is 0.0325. The molecule has 1 N–H and O–H groups in total. The average molecular weight is 373 g/mol. The van der Waals surface area contributed by atoms with Gasteiger partial charge >= 0.3 is 0 Å². The Morgan fingerprint density at radius 1 is 0.885 bits per heavy atom. The second-order valence-electron chi connectivity index (χ2n) is 5.90. The van der Waals surface area contributed by atoms with Gasteiger partial charge in [-0.2, -0.15) is 0 Å². The van der Waals surface area contributed by atoms with Crippen LogP contribution < -0.4 is 4.74 Å². The first-order chi connectivity index (χ1) is 12.9. The molecular weight excluding hydrogens is 353 g/mol. The number of halogens is 1. The molecule has 4 rings (SSSR count). The van der Waals surface area contributed by atoms with Crippen LogP contribution in [0.2, 0.25) is 0 Å². The molecule has 0 saturated heterocycles. The van der Waals surface area contributed by atoms with Crippen molar-refractivity contribution in [2.24, 2.45) is 0 Å². The Balaban J connectivity index is 1.39. The van der Waals surface area contributed by atoms with Crippen LogP contribution in [0.1, 0.15) is 0 Å². The van der Waals surface area contributed by atoms with Crippen LogP contribution in [0.25, 0.3) is 31.2 Å². The van der Waals surface area contributed by atoms with Gasteiger partial charge in [-0.25, -0.2) is 4.39 Å². The summed E-state index contributed by atoms with van der Waals surface area (Å²) < 4.78 is 30.6. The second kappa shape index (κ2) is 8.03. The van der Waals surface area contributed by atoms with Crippen molar-refractivity contribution < 1.29 is 18.6 Å². The first kappa shape index (κ1) is 17.3. The van der Waals surface area contributed by atoms with Crippen LogP contribution in [0.15, 0.2) is 42.5 Å². The van der Waals surface area contributed by atoms with Crippen LogP contribution >= 0.6 is 11.3 Å². The summed E-state index contributed by atoms with van der Waals surface area (Å²) in [5, 5.41) is 2.48. The van der Waals surface area contributed by atoms with E-state index < -0.39 is 6.67 Å². The monoisotopic (exact) mass is 373 g/mol. The molecule has 0 fully saturated rings. The Labute approximate surface area is 154 Å². The van der Waals surface area contributed by atoms with Crippen molar-refractivity contribution in [2.75, 3.05) is 39.7 Å². The van der Waals surface area contributed by atoms with E-state index in [0.717, 1.165) is 11.3 Å². The zero-order chi connectivity index (χ0) is 17.8. The Kier molecular flexibility index (Phi) is 5.34. The first-order valence-corrected chi connectivity index (χ1v) is 9.45. The van der Waals surface area contributed by atoms with E-state index in [1.54, 1.807) is 0 Å². The van der Waals surface area contributed by atoms with Crippen molar-refractivity contribution in [3.63, 3.8) is 0 Å². The highest BCUT2D eigenvalue weighted by atomic mass is 32.1. The minimum absolute atomic E-state index is 0.128. The van der Waals surface area contributed by atoms with Gasteiger partial charge < -0.3 is 19.2 Å². The zero-order valence-electron chi connectivity index (χ0n) is 14.3. The van der Waals surface area contributed by atoms with E-state index in [1.165, 1.54) is 25.7 Å². The Morgan fingerprint density at radius 3 is 2.58 bits per heavy atom. The van der Waals surface area contributed by atoms with Gasteiger partial charge in [0.25, 0.3) is 0 Å². The third-order valence-electron chi connectivity index (χ3n) is 4.18. The second-order valence-corrected chi connectivity index (χ2v) is 6.95. The number of ether oxygens (including phenoxy) is 3. The van der Waals surface area contributed by atoms with Crippen LogP contribution in [-0.2, 0) is 9.47 Å². The molecule has 0 aliphatic heterocycles. The maximum Gasteiger partial charge on any atom is 0.121 e. The lowest BCUT2D eigenvalue weighted by Gasteiger charge is -2.07. The van der Waals surface area contributed by atoms with Crippen LogP contribution in [-0.4, -0.2) is 44.7 Å². The molecule has 0 bridgehead atoms. The number of alkyl halides is 1. The number of thiophene rings is 1. The zero-order valence-corrected chi connectivity index (χ0v) is 15.1. The van der Waals surface area contributed by atoms with Crippen molar-refractivity contribution in [1.29, 1.82) is 0 Å². The number of nitrogens with one attached hydrogen (secondary N) is 1. The number of aromatic amines is 1. The molecule has 0 amide bonds. The molecule has 0 radical (unpaired) electrons. The molecule has 0 aliphatic rings. The van der Waals surface area contributed by atoms with Crippen molar-refractivity contribution in [1.82, 2.24) is 4.98 Å². The van der Waals surface area contributed by atoms with Gasteiger partial charge in [-0.1, -0.05) is 18.2 Å². The number of hydrogen-bond acceptors (Lipinski definition) is 4. The third-order valence-corrected chi connectivity index (χ3v) is 5.38. The summed E-state index contributed by atoms with van der Waals surface area (Å²) in [5.41, 5.74) is 2.27. The number of aromatic nitrogens is 1. The van der Waals surface area contributed by atoms with Crippen LogP contribution in [0.4, 0.5) is 4.39 Å². The standard InChI is InChI=1S/C20H20FNO3S/c21-7-8-23-9-10-24-11-12-25-14-5-6-15-17(13-14)22-19-16-3-1-2-4-18(16)26-20(15)19/h1-6,13,22H,7-12H2. The molecule has 0 unspecified atom stereocenters. The molecule has 4 aromatic rings. The highest BCUT2D eigenvalue weighted by Crippen LogP contribution is 2.39. The molecule has 6 heteroatoms. The van der Waals surface area contributed by atoms with Crippen molar-refractivity contribution in [3.05, 3.63) is 42.5 Å². The lowest BCUT2D eigenvalue weighted by atomic mass is 10.2. The molecule has 2 aromatic carbocycles. The predicted octanol–water partition coefficient (Wildman–Crippen LogP) is 4.92. The van der Waals surface area contributed by atoms with E-state index in [0.29, 0.717) is 26.4 Å². The van der Waals surface area contributed by atoms with Crippen molar-refractivity contribution in [2.45, 2.75) is 0 Å². The quantitative estimate of drug-likeness (QED) is 0.424. The van der Waals surface area contributed by atoms with E-state index >= 15 is 0 Å². The number of benzene rings is 2. The number of fused-ring (bicyclic) bond motifs is 5. The normalized spacial score (nSPS) is 11.7. The summed E-state index contributed by atoms with van der Waals surface area (Å²) in [5.74, 6) is 0.813. The van der Waals surface area contributed by atoms with Crippen molar-refractivity contribution >= 4 is 42.5 Å². The molecule has 2 heterocycles. The Morgan fingerprint density at radius 2 is 1.69 bits per heavy atom. The van der Waals surface area contributed by atoms with Gasteiger partial charge in [0.05, 0.1) is 42.2 Å². The summed E-state index contributed by atoms with van der Waals surface area (Å²) in [7, 11) is 0. The highest BCUT2D eigenvalue weighted by Gasteiger charge is 2.11. The fraction of sp³-hybridized carbons (Fsp3) is 0.300. The lowest BCUT2D eigenvalue weighted by Crippen LogP contribution is -2.11. The van der Waals surface area contributed by atoms with Gasteiger partial charge in [0.15, 0.2) is 0 Å². The summed E-state index contributed by atoms with van der Waals surface area (Å²) in [6, 6.07) is 14.6. The Hall–Kier alpha value is -2.15. The minimum Gasteiger partial charge on any atom is -0.491 e. The molecule has 4 nitrogen and oxygen atoms in total. The molecule has 2 aromatic heterocycles. The van der Waals surface area contributed by atoms with Gasteiger partial charge in [-0.15, -0.1) is 11.3 Å². The number of hydrogen-bond donors (Lipinski definition) is 1. The third kappa shape index (κ3) is 3.53. The van der Waals surface area contributed by atoms with E-state index in [1.807, 2.05) is 23.5 Å². The molecule has 136 valence electrons. The first-order valence-electron chi connectivity index (χ1n) is 8.64. The topological polar surface area (TPSA) is 43.5 Å². The predicted molar refractivity (Wildman–Crippen MR) is 104 cm³/mol. The van der Waals surface area contributed by atoms with Crippen LogP contribution in [0.5, 0.6) is 5.75 Å². The van der Waals surface area contributed by atoms with Gasteiger partial charge in [0, 0.05) is 21.5 Å². The fourth-order valence-electron chi connectivity index (χ4n) is 3.00. The summed E-state index contributed by atoms with van der Waals surface area (Å²) in [6.07, 6.45) is 0. The number of H-pyrrole nitrogens is 1. The minimum atomic E-state index is -0.460. The van der Waals surface area contributed by atoms with E-state index in [-0.39, 0.29) is 6.61 Å². The molecular formula is C20H20FNO3S. The van der Waals surface area contributed by atoms with Gasteiger partial charge in [-0.3, -0.25) is 0 Å². The molecule has 0 saturated carbocycles. The summed E-state index contributed by atoms with van der Waals surface area (Å²) in [4.78, 5) is 3.52. The highest BCUT2D eigenvalue weighted by molar-refractivity contribution is 7.26. The largest absolute Gasteiger partial charge is 0.491 e. The SMILES string of the molecule is FCCOCCOCCOc1ccc2c(c1)[nH]c1c3ccccc3sc21. The van der Waals surface area contributed by atoms with Gasteiger partial charge in [0.1, 0.15) is 19.0 Å². The molecule has 0 atom stereocenters. The summed E-state index contributed by atoms with van der Waals surface area (Å²) >= 11 is 1.81. The average Bonchev–Trinajstić information content (AvgIpc) is 3.19. The smallest absolute Gasteiger partial charge is 0.121 e. The molecule has 0 spiro atoms. The van der Waals surface area contributed by atoms with Crippen LogP contribution in [0.3, 0.4) is 0 Å². The maximum absolute atomic E-state index is 11.9. The van der Waals surface area contributed by atoms with Gasteiger partial charge in [0.2, 0.25) is 0 Å². The Bertz CT molecular complexity index is 1010. The van der Waals surface area contributed by atoms with Crippen LogP contribution in [0, 0.1) is 0 Å². The summed E-state index contributed by atoms with van der Waals surface area (Å²) in [6.45, 7) is 1.46. The fourth-order valence-corrected chi connectivity index (χ4v) is 4.20. The van der Waals surface area contributed by atoms with Crippen molar-refractivity contribution in [3.8, 4) is 5.75 Å². The van der Waals surface area contributed by atoms with E-state index in [9.17, 15) is 4.39 Å². The molecule has 26 heavy (non-hydrogen) atoms. The molecule has 0 aliphatic carbocycles. The van der Waals surface area contributed by atoms with Gasteiger partial charge in [-0.05, 0) is 18.2 Å². The van der Waals surface area contributed by atoms with E-state index in [2.05, 4.69) is 35.3 Å². The maximum atomic E-state index is 11.9.